The molecule has 0 saturated carbocycles. The molecule has 2 aromatic rings. The fourth-order valence-electron chi connectivity index (χ4n) is 2.82. The maximum Gasteiger partial charge on any atom is 0.250 e. The van der Waals surface area contributed by atoms with Crippen LogP contribution in [-0.4, -0.2) is 17.0 Å². The van der Waals surface area contributed by atoms with E-state index in [1.54, 1.807) is 17.7 Å². The van der Waals surface area contributed by atoms with Gasteiger partial charge in [0, 0.05) is 50.2 Å². The average Bonchev–Trinajstić information content (AvgIpc) is 2.57. The number of carbonyl (C=O) groups is 1. The molecule has 1 aliphatic rings. The van der Waals surface area contributed by atoms with E-state index in [1.165, 1.54) is 0 Å². The van der Waals surface area contributed by atoms with E-state index in [0.717, 1.165) is 36.3 Å². The fraction of sp³-hybridized carbons (Fsp3) is 0.333. The molecule has 1 aromatic heterocycles. The van der Waals surface area contributed by atoms with Crippen molar-refractivity contribution in [1.82, 2.24) is 4.57 Å². The standard InChI is InChI=1S/C18H21N3O2/c1-20-13-14(8-9-17(20)22)12-19-15-5-4-6-16(11-15)21-10-3-2-7-18(21)23/h4-6,8-9,11,13,19H,2-3,7,10,12H2,1H3. The van der Waals surface area contributed by atoms with Gasteiger partial charge in [-0.2, -0.15) is 0 Å². The van der Waals surface area contributed by atoms with Crippen LogP contribution in [0.1, 0.15) is 24.8 Å². The van der Waals surface area contributed by atoms with Gasteiger partial charge in [0.2, 0.25) is 11.5 Å². The Hall–Kier alpha value is -2.56. The number of nitrogens with zero attached hydrogens (tertiary/aromatic N) is 2. The van der Waals surface area contributed by atoms with E-state index in [2.05, 4.69) is 5.32 Å². The summed E-state index contributed by atoms with van der Waals surface area (Å²) in [6.45, 7) is 1.43. The molecule has 0 bridgehead atoms. The van der Waals surface area contributed by atoms with E-state index in [9.17, 15) is 9.59 Å². The normalized spacial score (nSPS) is 14.8. The van der Waals surface area contributed by atoms with E-state index in [1.807, 2.05) is 41.4 Å². The zero-order valence-electron chi connectivity index (χ0n) is 13.3. The van der Waals surface area contributed by atoms with Gasteiger partial charge in [0.1, 0.15) is 0 Å². The number of carbonyl (C=O) groups excluding carboxylic acids is 1. The molecule has 1 N–H and O–H groups in total. The number of nitrogens with one attached hydrogen (secondary N) is 1. The van der Waals surface area contributed by atoms with E-state index >= 15 is 0 Å². The average molecular weight is 311 g/mol. The van der Waals surface area contributed by atoms with Crippen molar-refractivity contribution in [3.8, 4) is 0 Å². The van der Waals surface area contributed by atoms with Crippen molar-refractivity contribution in [1.29, 1.82) is 0 Å². The second-order valence-electron chi connectivity index (χ2n) is 5.89. The molecule has 120 valence electrons. The van der Waals surface area contributed by atoms with Crippen LogP contribution in [0.15, 0.2) is 47.4 Å². The van der Waals surface area contributed by atoms with Gasteiger partial charge in [-0.05, 0) is 36.6 Å². The summed E-state index contributed by atoms with van der Waals surface area (Å²) < 4.78 is 1.57. The molecule has 3 rings (SSSR count). The van der Waals surface area contributed by atoms with Crippen LogP contribution >= 0.6 is 0 Å². The highest BCUT2D eigenvalue weighted by Crippen LogP contribution is 2.24. The first-order valence-electron chi connectivity index (χ1n) is 7.93. The summed E-state index contributed by atoms with van der Waals surface area (Å²) in [5.41, 5.74) is 2.93. The highest BCUT2D eigenvalue weighted by Gasteiger charge is 2.19. The topological polar surface area (TPSA) is 54.3 Å². The fourth-order valence-corrected chi connectivity index (χ4v) is 2.82. The number of aryl methyl sites for hydroxylation is 1. The van der Waals surface area contributed by atoms with Gasteiger partial charge in [0.25, 0.3) is 0 Å². The molecule has 5 heteroatoms. The minimum Gasteiger partial charge on any atom is -0.381 e. The lowest BCUT2D eigenvalue weighted by atomic mass is 10.1. The van der Waals surface area contributed by atoms with Crippen molar-refractivity contribution < 1.29 is 4.79 Å². The number of aromatic nitrogens is 1. The third kappa shape index (κ3) is 3.62. The van der Waals surface area contributed by atoms with Crippen molar-refractivity contribution in [2.75, 3.05) is 16.8 Å². The van der Waals surface area contributed by atoms with E-state index in [0.29, 0.717) is 13.0 Å². The summed E-state index contributed by atoms with van der Waals surface area (Å²) >= 11 is 0. The highest BCUT2D eigenvalue weighted by atomic mass is 16.2. The Morgan fingerprint density at radius 2 is 2.00 bits per heavy atom. The molecule has 0 radical (unpaired) electrons. The van der Waals surface area contributed by atoms with Crippen LogP contribution in [-0.2, 0) is 18.4 Å². The molecule has 0 unspecified atom stereocenters. The summed E-state index contributed by atoms with van der Waals surface area (Å²) in [6.07, 6.45) is 4.50. The molecule has 1 fully saturated rings. The van der Waals surface area contributed by atoms with Gasteiger partial charge in [0.05, 0.1) is 0 Å². The quantitative estimate of drug-likeness (QED) is 0.944. The molecule has 2 heterocycles. The maximum atomic E-state index is 12.0. The molecule has 1 saturated heterocycles. The lowest BCUT2D eigenvalue weighted by molar-refractivity contribution is -0.119. The van der Waals surface area contributed by atoms with E-state index in [4.69, 9.17) is 0 Å². The molecule has 0 atom stereocenters. The van der Waals surface area contributed by atoms with E-state index < -0.39 is 0 Å². The number of pyridine rings is 1. The van der Waals surface area contributed by atoms with E-state index in [-0.39, 0.29) is 11.5 Å². The number of rotatable bonds is 4. The Kier molecular flexibility index (Phi) is 4.46. The zero-order chi connectivity index (χ0) is 16.2. The summed E-state index contributed by atoms with van der Waals surface area (Å²) in [7, 11) is 1.74. The summed E-state index contributed by atoms with van der Waals surface area (Å²) in [5.74, 6) is 0.200. The van der Waals surface area contributed by atoms with Crippen LogP contribution in [0.5, 0.6) is 0 Å². The van der Waals surface area contributed by atoms with Gasteiger partial charge in [0.15, 0.2) is 0 Å². The third-order valence-corrected chi connectivity index (χ3v) is 4.12. The van der Waals surface area contributed by atoms with Crippen LogP contribution in [0, 0.1) is 0 Å². The molecule has 23 heavy (non-hydrogen) atoms. The number of benzene rings is 1. The Morgan fingerprint density at radius 3 is 2.78 bits per heavy atom. The molecular weight excluding hydrogens is 290 g/mol. The third-order valence-electron chi connectivity index (χ3n) is 4.12. The van der Waals surface area contributed by atoms with Gasteiger partial charge in [-0.1, -0.05) is 12.1 Å². The monoisotopic (exact) mass is 311 g/mol. The molecular formula is C18H21N3O2. The van der Waals surface area contributed by atoms with Gasteiger partial charge < -0.3 is 14.8 Å². The molecule has 1 aromatic carbocycles. The number of piperidine rings is 1. The number of hydrogen-bond donors (Lipinski definition) is 1. The van der Waals surface area contributed by atoms with Gasteiger partial charge in [-0.25, -0.2) is 0 Å². The van der Waals surface area contributed by atoms with Crippen LogP contribution in [0.2, 0.25) is 0 Å². The minimum atomic E-state index is -0.0145. The van der Waals surface area contributed by atoms with Crippen molar-refractivity contribution in [2.45, 2.75) is 25.8 Å². The van der Waals surface area contributed by atoms with Gasteiger partial charge >= 0.3 is 0 Å². The molecule has 0 aliphatic carbocycles. The minimum absolute atomic E-state index is 0.0145. The van der Waals surface area contributed by atoms with Crippen molar-refractivity contribution in [3.63, 3.8) is 0 Å². The van der Waals surface area contributed by atoms with Crippen LogP contribution in [0.25, 0.3) is 0 Å². The lowest BCUT2D eigenvalue weighted by Crippen LogP contribution is -2.35. The maximum absolute atomic E-state index is 12.0. The van der Waals surface area contributed by atoms with Crippen LogP contribution in [0.4, 0.5) is 11.4 Å². The first-order chi connectivity index (χ1) is 11.1. The predicted molar refractivity (Wildman–Crippen MR) is 91.7 cm³/mol. The predicted octanol–water partition coefficient (Wildman–Crippen LogP) is 2.51. The Morgan fingerprint density at radius 1 is 1.13 bits per heavy atom. The van der Waals surface area contributed by atoms with Crippen molar-refractivity contribution in [2.24, 2.45) is 7.05 Å². The van der Waals surface area contributed by atoms with Gasteiger partial charge in [-0.3, -0.25) is 9.59 Å². The highest BCUT2D eigenvalue weighted by molar-refractivity contribution is 5.94. The first kappa shape index (κ1) is 15.3. The Labute approximate surface area is 135 Å². The van der Waals surface area contributed by atoms with Crippen molar-refractivity contribution in [3.05, 3.63) is 58.5 Å². The molecule has 0 spiro atoms. The largest absolute Gasteiger partial charge is 0.381 e. The second-order valence-corrected chi connectivity index (χ2v) is 5.89. The zero-order valence-corrected chi connectivity index (χ0v) is 13.3. The Bertz CT molecular complexity index is 767. The smallest absolute Gasteiger partial charge is 0.250 e. The lowest BCUT2D eigenvalue weighted by Gasteiger charge is -2.27. The molecule has 5 nitrogen and oxygen atoms in total. The summed E-state index contributed by atoms with van der Waals surface area (Å²) in [4.78, 5) is 25.3. The molecule has 1 aliphatic heterocycles. The second kappa shape index (κ2) is 6.69. The summed E-state index contributed by atoms with van der Waals surface area (Å²) in [5, 5.41) is 3.35. The van der Waals surface area contributed by atoms with Crippen molar-refractivity contribution >= 4 is 17.3 Å². The summed E-state index contributed by atoms with van der Waals surface area (Å²) in [6, 6.07) is 11.3. The number of hydrogen-bond acceptors (Lipinski definition) is 3. The molecule has 1 amide bonds. The Balaban J connectivity index is 1.71. The first-order valence-corrected chi connectivity index (χ1v) is 7.93. The SMILES string of the molecule is Cn1cc(CNc2cccc(N3CCCCC3=O)c2)ccc1=O. The number of anilines is 2. The number of amides is 1. The van der Waals surface area contributed by atoms with Crippen LogP contribution in [0.3, 0.4) is 0 Å². The van der Waals surface area contributed by atoms with Gasteiger partial charge in [-0.15, -0.1) is 0 Å². The van der Waals surface area contributed by atoms with Crippen LogP contribution < -0.4 is 15.8 Å².